The van der Waals surface area contributed by atoms with Crippen LogP contribution < -0.4 is 5.32 Å². The maximum absolute atomic E-state index is 13.5. The smallest absolute Gasteiger partial charge is 0.128 e. The van der Waals surface area contributed by atoms with Gasteiger partial charge in [0.25, 0.3) is 0 Å². The van der Waals surface area contributed by atoms with E-state index in [9.17, 15) is 4.39 Å². The van der Waals surface area contributed by atoms with Gasteiger partial charge in [0.15, 0.2) is 0 Å². The summed E-state index contributed by atoms with van der Waals surface area (Å²) in [6.07, 6.45) is 3.60. The molecule has 0 bridgehead atoms. The number of nitrogens with one attached hydrogen (secondary N) is 1. The van der Waals surface area contributed by atoms with E-state index >= 15 is 0 Å². The van der Waals surface area contributed by atoms with Crippen LogP contribution in [0.3, 0.4) is 0 Å². The second kappa shape index (κ2) is 3.07. The molecule has 0 unspecified atom stereocenters. The van der Waals surface area contributed by atoms with Gasteiger partial charge >= 0.3 is 0 Å². The summed E-state index contributed by atoms with van der Waals surface area (Å²) in [5.74, 6) is -0.179. The lowest BCUT2D eigenvalue weighted by molar-refractivity contribution is 0.616. The van der Waals surface area contributed by atoms with Crippen molar-refractivity contribution in [2.45, 2.75) is 19.9 Å². The molecule has 3 rings (SSSR count). The second-order valence-electron chi connectivity index (χ2n) is 4.17. The van der Waals surface area contributed by atoms with Crippen LogP contribution in [0, 0.1) is 12.7 Å². The summed E-state index contributed by atoms with van der Waals surface area (Å²) in [7, 11) is 0. The van der Waals surface area contributed by atoms with Gasteiger partial charge in [-0.05, 0) is 31.5 Å². The van der Waals surface area contributed by atoms with E-state index in [1.54, 1.807) is 19.3 Å². The molecular weight excluding hydrogens is 205 g/mol. The highest BCUT2D eigenvalue weighted by molar-refractivity contribution is 5.66. The number of aromatic nitrogens is 2. The summed E-state index contributed by atoms with van der Waals surface area (Å²) in [5.41, 5.74) is 3.53. The van der Waals surface area contributed by atoms with Crippen molar-refractivity contribution in [3.05, 3.63) is 41.7 Å². The minimum Gasteiger partial charge on any atom is -0.375 e. The molecule has 82 valence electrons. The van der Waals surface area contributed by atoms with E-state index in [1.165, 1.54) is 0 Å². The number of hydrogen-bond acceptors (Lipinski definition) is 2. The summed E-state index contributed by atoms with van der Waals surface area (Å²) in [4.78, 5) is 4.13. The summed E-state index contributed by atoms with van der Waals surface area (Å²) in [6.45, 7) is 3.80. The zero-order chi connectivity index (χ0) is 11.3. The number of rotatable bonds is 0. The third-order valence-corrected chi connectivity index (χ3v) is 3.02. The monoisotopic (exact) mass is 217 g/mol. The standard InChI is InChI=1S/C12H12FN3/c1-7-3-11-10(4-9(7)13)15-8(2)12-5-14-6-16(11)12/h3-6,8,15H,1-2H3/t8-/m0/s1. The molecule has 2 heterocycles. The van der Waals surface area contributed by atoms with Crippen LogP contribution in [-0.2, 0) is 0 Å². The lowest BCUT2D eigenvalue weighted by atomic mass is 10.1. The molecule has 0 saturated heterocycles. The molecule has 1 aliphatic rings. The minimum absolute atomic E-state index is 0.150. The van der Waals surface area contributed by atoms with Gasteiger partial charge < -0.3 is 5.32 Å². The van der Waals surface area contributed by atoms with Crippen molar-refractivity contribution in [1.29, 1.82) is 0 Å². The molecule has 16 heavy (non-hydrogen) atoms. The maximum atomic E-state index is 13.5. The summed E-state index contributed by atoms with van der Waals surface area (Å²) in [5, 5.41) is 3.27. The Morgan fingerprint density at radius 3 is 3.06 bits per heavy atom. The predicted molar refractivity (Wildman–Crippen MR) is 60.3 cm³/mol. The van der Waals surface area contributed by atoms with Gasteiger partial charge in [-0.15, -0.1) is 0 Å². The fourth-order valence-corrected chi connectivity index (χ4v) is 2.12. The predicted octanol–water partition coefficient (Wildman–Crippen LogP) is 2.81. The molecule has 3 nitrogen and oxygen atoms in total. The third-order valence-electron chi connectivity index (χ3n) is 3.02. The van der Waals surface area contributed by atoms with Crippen molar-refractivity contribution in [1.82, 2.24) is 9.55 Å². The van der Waals surface area contributed by atoms with Gasteiger partial charge in [-0.25, -0.2) is 9.37 Å². The first kappa shape index (κ1) is 9.39. The molecule has 0 amide bonds. The molecule has 1 aromatic heterocycles. The normalized spacial score (nSPS) is 17.6. The highest BCUT2D eigenvalue weighted by Crippen LogP contribution is 2.33. The fraction of sp³-hybridized carbons (Fsp3) is 0.250. The van der Waals surface area contributed by atoms with E-state index < -0.39 is 0 Å². The number of imidazole rings is 1. The molecule has 0 spiro atoms. The quantitative estimate of drug-likeness (QED) is 0.735. The average molecular weight is 217 g/mol. The Morgan fingerprint density at radius 1 is 1.44 bits per heavy atom. The zero-order valence-electron chi connectivity index (χ0n) is 9.16. The topological polar surface area (TPSA) is 29.9 Å². The third kappa shape index (κ3) is 1.16. The number of benzene rings is 1. The van der Waals surface area contributed by atoms with Crippen LogP contribution in [0.25, 0.3) is 5.69 Å². The maximum Gasteiger partial charge on any atom is 0.128 e. The summed E-state index contributed by atoms with van der Waals surface area (Å²) in [6, 6.07) is 3.54. The zero-order valence-corrected chi connectivity index (χ0v) is 9.16. The van der Waals surface area contributed by atoms with E-state index in [0.29, 0.717) is 5.56 Å². The average Bonchev–Trinajstić information content (AvgIpc) is 2.71. The van der Waals surface area contributed by atoms with Gasteiger partial charge in [0.1, 0.15) is 5.82 Å². The first-order valence-corrected chi connectivity index (χ1v) is 5.26. The van der Waals surface area contributed by atoms with Gasteiger partial charge in [-0.2, -0.15) is 0 Å². The van der Waals surface area contributed by atoms with Crippen molar-refractivity contribution in [2.24, 2.45) is 0 Å². The number of nitrogens with zero attached hydrogens (tertiary/aromatic N) is 2. The van der Waals surface area contributed by atoms with E-state index in [1.807, 2.05) is 23.8 Å². The van der Waals surface area contributed by atoms with E-state index in [4.69, 9.17) is 0 Å². The van der Waals surface area contributed by atoms with E-state index in [0.717, 1.165) is 17.1 Å². The fourth-order valence-electron chi connectivity index (χ4n) is 2.12. The molecule has 1 atom stereocenters. The van der Waals surface area contributed by atoms with Gasteiger partial charge in [0, 0.05) is 0 Å². The van der Waals surface area contributed by atoms with Gasteiger partial charge in [-0.3, -0.25) is 4.57 Å². The summed E-state index contributed by atoms with van der Waals surface area (Å²) < 4.78 is 15.5. The lowest BCUT2D eigenvalue weighted by Gasteiger charge is -2.26. The molecule has 1 aliphatic heterocycles. The molecule has 1 N–H and O–H groups in total. The second-order valence-corrected chi connectivity index (χ2v) is 4.17. The molecule has 4 heteroatoms. The lowest BCUT2D eigenvalue weighted by Crippen LogP contribution is -2.18. The Morgan fingerprint density at radius 2 is 2.25 bits per heavy atom. The molecule has 2 aromatic rings. The minimum atomic E-state index is -0.179. The Hall–Kier alpha value is -1.84. The van der Waals surface area contributed by atoms with Crippen LogP contribution in [0.4, 0.5) is 10.1 Å². The van der Waals surface area contributed by atoms with Crippen LogP contribution in [0.1, 0.15) is 24.2 Å². The van der Waals surface area contributed by atoms with E-state index in [2.05, 4.69) is 10.3 Å². The van der Waals surface area contributed by atoms with E-state index in [-0.39, 0.29) is 11.9 Å². The van der Waals surface area contributed by atoms with Gasteiger partial charge in [-0.1, -0.05) is 0 Å². The number of fused-ring (bicyclic) bond motifs is 3. The molecule has 0 fully saturated rings. The number of anilines is 1. The van der Waals surface area contributed by atoms with Crippen molar-refractivity contribution in [3.63, 3.8) is 0 Å². The highest BCUT2D eigenvalue weighted by Gasteiger charge is 2.21. The Labute approximate surface area is 92.9 Å². The largest absolute Gasteiger partial charge is 0.375 e. The Balaban J connectivity index is 2.28. The molecule has 0 aliphatic carbocycles. The summed E-state index contributed by atoms with van der Waals surface area (Å²) >= 11 is 0. The molecule has 0 saturated carbocycles. The van der Waals surface area contributed by atoms with Crippen molar-refractivity contribution >= 4 is 5.69 Å². The Bertz CT molecular complexity index is 559. The van der Waals surface area contributed by atoms with Crippen LogP contribution in [0.15, 0.2) is 24.7 Å². The SMILES string of the molecule is Cc1cc2c(cc1F)N[C@@H](C)c1cncn1-2. The molecule has 0 radical (unpaired) electrons. The number of hydrogen-bond donors (Lipinski definition) is 1. The van der Waals surface area contributed by atoms with Gasteiger partial charge in [0.05, 0.1) is 35.6 Å². The Kier molecular flexibility index (Phi) is 1.80. The highest BCUT2D eigenvalue weighted by atomic mass is 19.1. The molecular formula is C12H12FN3. The van der Waals surface area contributed by atoms with Crippen LogP contribution in [0.2, 0.25) is 0 Å². The number of halogens is 1. The first-order valence-electron chi connectivity index (χ1n) is 5.26. The van der Waals surface area contributed by atoms with Gasteiger partial charge in [0.2, 0.25) is 0 Å². The van der Waals surface area contributed by atoms with Crippen molar-refractivity contribution in [2.75, 3.05) is 5.32 Å². The van der Waals surface area contributed by atoms with Crippen LogP contribution in [-0.4, -0.2) is 9.55 Å². The van der Waals surface area contributed by atoms with Crippen molar-refractivity contribution in [3.8, 4) is 5.69 Å². The first-order chi connectivity index (χ1) is 7.66. The van der Waals surface area contributed by atoms with Crippen LogP contribution >= 0.6 is 0 Å². The van der Waals surface area contributed by atoms with Crippen molar-refractivity contribution < 1.29 is 4.39 Å². The number of aryl methyl sites for hydroxylation is 1. The molecule has 1 aromatic carbocycles. The van der Waals surface area contributed by atoms with Crippen LogP contribution in [0.5, 0.6) is 0 Å².